The van der Waals surface area contributed by atoms with Gasteiger partial charge in [-0.15, -0.1) is 11.3 Å². The molecule has 0 spiro atoms. The quantitative estimate of drug-likeness (QED) is 0.413. The molecule has 28 heavy (non-hydrogen) atoms. The van der Waals surface area contributed by atoms with Gasteiger partial charge < -0.3 is 0 Å². The lowest BCUT2D eigenvalue weighted by molar-refractivity contribution is 0.102. The highest BCUT2D eigenvalue weighted by atomic mass is 32.1. The molecule has 1 N–H and O–H groups in total. The van der Waals surface area contributed by atoms with E-state index in [0.29, 0.717) is 16.6 Å². The molecule has 1 aromatic heterocycles. The molecule has 0 saturated heterocycles. The van der Waals surface area contributed by atoms with Gasteiger partial charge >= 0.3 is 0 Å². The SMILES string of the molecule is CCC(C)c1ccc(-c2csc(NC(=O)c3cccc4ccccc34)n2)cc1. The van der Waals surface area contributed by atoms with Gasteiger partial charge in [0, 0.05) is 16.5 Å². The maximum Gasteiger partial charge on any atom is 0.258 e. The molecule has 0 saturated carbocycles. The molecule has 0 aliphatic heterocycles. The number of carbonyl (C=O) groups is 1. The van der Waals surface area contributed by atoms with Crippen molar-refractivity contribution in [1.29, 1.82) is 0 Å². The van der Waals surface area contributed by atoms with Gasteiger partial charge in [-0.25, -0.2) is 4.98 Å². The molecule has 0 fully saturated rings. The summed E-state index contributed by atoms with van der Waals surface area (Å²) >= 11 is 1.44. The lowest BCUT2D eigenvalue weighted by Crippen LogP contribution is -2.12. The van der Waals surface area contributed by atoms with Crippen LogP contribution in [0.5, 0.6) is 0 Å². The topological polar surface area (TPSA) is 42.0 Å². The van der Waals surface area contributed by atoms with Crippen molar-refractivity contribution >= 4 is 33.1 Å². The van der Waals surface area contributed by atoms with E-state index in [0.717, 1.165) is 28.5 Å². The number of benzene rings is 3. The van der Waals surface area contributed by atoms with Crippen LogP contribution in [0.15, 0.2) is 72.1 Å². The Bertz CT molecular complexity index is 1110. The summed E-state index contributed by atoms with van der Waals surface area (Å²) in [4.78, 5) is 17.4. The lowest BCUT2D eigenvalue weighted by atomic mass is 9.97. The Kier molecular flexibility index (Phi) is 5.22. The molecular weight excluding hydrogens is 364 g/mol. The van der Waals surface area contributed by atoms with Gasteiger partial charge in [-0.3, -0.25) is 10.1 Å². The maximum atomic E-state index is 12.8. The Morgan fingerprint density at radius 1 is 1.04 bits per heavy atom. The maximum absolute atomic E-state index is 12.8. The van der Waals surface area contributed by atoms with E-state index < -0.39 is 0 Å². The summed E-state index contributed by atoms with van der Waals surface area (Å²) in [5.41, 5.74) is 3.95. The van der Waals surface area contributed by atoms with Crippen LogP contribution in [0.2, 0.25) is 0 Å². The van der Waals surface area contributed by atoms with Gasteiger partial charge in [0.25, 0.3) is 5.91 Å². The van der Waals surface area contributed by atoms with Crippen LogP contribution in [0.4, 0.5) is 5.13 Å². The minimum atomic E-state index is -0.134. The third kappa shape index (κ3) is 3.69. The Hall–Kier alpha value is -2.98. The van der Waals surface area contributed by atoms with E-state index in [1.165, 1.54) is 16.9 Å². The van der Waals surface area contributed by atoms with Crippen LogP contribution in [-0.2, 0) is 0 Å². The normalized spacial score (nSPS) is 12.1. The monoisotopic (exact) mass is 386 g/mol. The molecule has 0 aliphatic carbocycles. The molecule has 4 aromatic rings. The van der Waals surface area contributed by atoms with E-state index in [-0.39, 0.29) is 5.91 Å². The minimum Gasteiger partial charge on any atom is -0.298 e. The molecule has 0 aliphatic rings. The molecule has 4 rings (SSSR count). The van der Waals surface area contributed by atoms with Gasteiger partial charge in [-0.2, -0.15) is 0 Å². The van der Waals surface area contributed by atoms with Crippen molar-refractivity contribution < 1.29 is 4.79 Å². The second kappa shape index (κ2) is 7.95. The first-order valence-electron chi connectivity index (χ1n) is 9.50. The first-order valence-corrected chi connectivity index (χ1v) is 10.4. The van der Waals surface area contributed by atoms with Crippen LogP contribution in [-0.4, -0.2) is 10.9 Å². The molecule has 0 bridgehead atoms. The molecule has 1 heterocycles. The van der Waals surface area contributed by atoms with E-state index in [4.69, 9.17) is 0 Å². The molecule has 0 radical (unpaired) electrons. The number of amides is 1. The Morgan fingerprint density at radius 3 is 2.57 bits per heavy atom. The predicted molar refractivity (Wildman–Crippen MR) is 118 cm³/mol. The lowest BCUT2D eigenvalue weighted by Gasteiger charge is -2.09. The summed E-state index contributed by atoms with van der Waals surface area (Å²) in [6.07, 6.45) is 1.13. The fourth-order valence-corrected chi connectivity index (χ4v) is 3.98. The van der Waals surface area contributed by atoms with E-state index in [9.17, 15) is 4.79 Å². The predicted octanol–water partition coefficient (Wildman–Crippen LogP) is 6.73. The highest BCUT2D eigenvalue weighted by Crippen LogP contribution is 2.28. The highest BCUT2D eigenvalue weighted by molar-refractivity contribution is 7.14. The summed E-state index contributed by atoms with van der Waals surface area (Å²) in [6, 6.07) is 22.2. The second-order valence-corrected chi connectivity index (χ2v) is 7.81. The number of rotatable bonds is 5. The Balaban J connectivity index is 1.54. The molecule has 140 valence electrons. The average Bonchev–Trinajstić information content (AvgIpc) is 3.21. The number of nitrogens with zero attached hydrogens (tertiary/aromatic N) is 1. The molecular formula is C24H22N2OS. The van der Waals surface area contributed by atoms with Crippen LogP contribution < -0.4 is 5.32 Å². The molecule has 3 aromatic carbocycles. The number of nitrogens with one attached hydrogen (secondary N) is 1. The Morgan fingerprint density at radius 2 is 1.79 bits per heavy atom. The molecule has 1 unspecified atom stereocenters. The number of anilines is 1. The van der Waals surface area contributed by atoms with Gasteiger partial charge in [0.15, 0.2) is 5.13 Å². The van der Waals surface area contributed by atoms with Crippen LogP contribution in [0, 0.1) is 0 Å². The van der Waals surface area contributed by atoms with Crippen molar-refractivity contribution in [1.82, 2.24) is 4.98 Å². The fraction of sp³-hybridized carbons (Fsp3) is 0.167. The highest BCUT2D eigenvalue weighted by Gasteiger charge is 2.13. The van der Waals surface area contributed by atoms with Crippen molar-refractivity contribution in [2.24, 2.45) is 0 Å². The van der Waals surface area contributed by atoms with Crippen LogP contribution in [0.1, 0.15) is 42.1 Å². The standard InChI is InChI=1S/C24H22N2OS/c1-3-16(2)17-11-13-19(14-12-17)22-15-28-24(25-22)26-23(27)21-10-6-8-18-7-4-5-9-20(18)21/h4-16H,3H2,1-2H3,(H,25,26,27). The van der Waals surface area contributed by atoms with Crippen molar-refractivity contribution in [3.05, 3.63) is 83.2 Å². The van der Waals surface area contributed by atoms with Crippen molar-refractivity contribution in [2.45, 2.75) is 26.2 Å². The van der Waals surface area contributed by atoms with Gasteiger partial charge in [0.2, 0.25) is 0 Å². The number of hydrogen-bond acceptors (Lipinski definition) is 3. The van der Waals surface area contributed by atoms with E-state index in [1.807, 2.05) is 47.8 Å². The van der Waals surface area contributed by atoms with Crippen molar-refractivity contribution in [3.63, 3.8) is 0 Å². The molecule has 1 amide bonds. The van der Waals surface area contributed by atoms with Crippen molar-refractivity contribution in [3.8, 4) is 11.3 Å². The number of hydrogen-bond donors (Lipinski definition) is 1. The summed E-state index contributed by atoms with van der Waals surface area (Å²) < 4.78 is 0. The molecule has 1 atom stereocenters. The summed E-state index contributed by atoms with van der Waals surface area (Å²) in [5, 5.41) is 7.54. The zero-order chi connectivity index (χ0) is 19.5. The third-order valence-electron chi connectivity index (χ3n) is 5.15. The van der Waals surface area contributed by atoms with Crippen LogP contribution in [0.25, 0.3) is 22.0 Å². The number of fused-ring (bicyclic) bond motifs is 1. The summed E-state index contributed by atoms with van der Waals surface area (Å²) in [6.45, 7) is 4.43. The van der Waals surface area contributed by atoms with Gasteiger partial charge in [0.05, 0.1) is 5.69 Å². The zero-order valence-electron chi connectivity index (χ0n) is 16.0. The van der Waals surface area contributed by atoms with Crippen LogP contribution in [0.3, 0.4) is 0 Å². The summed E-state index contributed by atoms with van der Waals surface area (Å²) in [5.74, 6) is 0.421. The van der Waals surface area contributed by atoms with E-state index >= 15 is 0 Å². The zero-order valence-corrected chi connectivity index (χ0v) is 16.8. The van der Waals surface area contributed by atoms with E-state index in [2.05, 4.69) is 48.4 Å². The minimum absolute atomic E-state index is 0.134. The summed E-state index contributed by atoms with van der Waals surface area (Å²) in [7, 11) is 0. The Labute approximate surface area is 169 Å². The number of thiazole rings is 1. The van der Waals surface area contributed by atoms with Gasteiger partial charge in [-0.05, 0) is 34.7 Å². The number of carbonyl (C=O) groups excluding carboxylic acids is 1. The molecule has 3 nitrogen and oxygen atoms in total. The van der Waals surface area contributed by atoms with Crippen molar-refractivity contribution in [2.75, 3.05) is 5.32 Å². The fourth-order valence-electron chi connectivity index (χ4n) is 3.27. The second-order valence-electron chi connectivity index (χ2n) is 6.95. The van der Waals surface area contributed by atoms with Gasteiger partial charge in [0.1, 0.15) is 0 Å². The number of aromatic nitrogens is 1. The largest absolute Gasteiger partial charge is 0.298 e. The third-order valence-corrected chi connectivity index (χ3v) is 5.90. The first-order chi connectivity index (χ1) is 13.7. The first kappa shape index (κ1) is 18.4. The van der Waals surface area contributed by atoms with Gasteiger partial charge in [-0.1, -0.05) is 74.5 Å². The average molecular weight is 387 g/mol. The van der Waals surface area contributed by atoms with Crippen LogP contribution >= 0.6 is 11.3 Å². The smallest absolute Gasteiger partial charge is 0.258 e. The van der Waals surface area contributed by atoms with E-state index in [1.54, 1.807) is 0 Å². The molecule has 4 heteroatoms.